The van der Waals surface area contributed by atoms with Crippen LogP contribution in [0.3, 0.4) is 0 Å². The van der Waals surface area contributed by atoms with Crippen LogP contribution in [-0.2, 0) is 11.3 Å². The Kier molecular flexibility index (Phi) is 2.18. The average Bonchev–Trinajstić information content (AvgIpc) is 2.89. The van der Waals surface area contributed by atoms with Gasteiger partial charge in [-0.15, -0.1) is 0 Å². The fraction of sp³-hybridized carbons (Fsp3) is 0.417. The topological polar surface area (TPSA) is 27.1 Å². The van der Waals surface area contributed by atoms with Gasteiger partial charge in [-0.05, 0) is 12.5 Å². The van der Waals surface area contributed by atoms with Crippen molar-refractivity contribution in [3.63, 3.8) is 0 Å². The van der Waals surface area contributed by atoms with E-state index < -0.39 is 0 Å². The molecule has 78 valence electrons. The van der Waals surface area contributed by atoms with E-state index in [0.29, 0.717) is 5.92 Å². The maximum absolute atomic E-state index is 5.38. The molecular weight excluding hydrogens is 188 g/mol. The molecule has 15 heavy (non-hydrogen) atoms. The largest absolute Gasteiger partial charge is 0.381 e. The highest BCUT2D eigenvalue weighted by atomic mass is 16.5. The van der Waals surface area contributed by atoms with Gasteiger partial charge in [0.1, 0.15) is 0 Å². The summed E-state index contributed by atoms with van der Waals surface area (Å²) < 4.78 is 7.47. The Hall–Kier alpha value is -1.35. The van der Waals surface area contributed by atoms with Crippen molar-refractivity contribution >= 4 is 10.9 Å². The van der Waals surface area contributed by atoms with Crippen LogP contribution in [-0.4, -0.2) is 23.0 Å². The standard InChI is InChI=1S/C12H14N2O/c1-2-4-12-11(3-1)7-13-14(12)8-10-5-6-15-9-10/h1-4,7,10H,5-6,8-9H2. The van der Waals surface area contributed by atoms with Crippen molar-refractivity contribution in [2.45, 2.75) is 13.0 Å². The molecule has 0 N–H and O–H groups in total. The molecule has 0 amide bonds. The number of rotatable bonds is 2. The number of hydrogen-bond acceptors (Lipinski definition) is 2. The van der Waals surface area contributed by atoms with Gasteiger partial charge in [-0.25, -0.2) is 0 Å². The predicted molar refractivity (Wildman–Crippen MR) is 58.7 cm³/mol. The molecule has 1 atom stereocenters. The Balaban J connectivity index is 1.90. The molecule has 0 bridgehead atoms. The van der Waals surface area contributed by atoms with E-state index in [1.54, 1.807) is 0 Å². The summed E-state index contributed by atoms with van der Waals surface area (Å²) in [5.41, 5.74) is 1.23. The molecule has 1 aromatic heterocycles. The van der Waals surface area contributed by atoms with Crippen LogP contribution in [0.2, 0.25) is 0 Å². The molecule has 0 spiro atoms. The number of para-hydroxylation sites is 1. The van der Waals surface area contributed by atoms with Crippen molar-refractivity contribution in [2.75, 3.05) is 13.2 Å². The van der Waals surface area contributed by atoms with Crippen LogP contribution < -0.4 is 0 Å². The van der Waals surface area contributed by atoms with E-state index in [0.717, 1.165) is 26.2 Å². The van der Waals surface area contributed by atoms with Crippen molar-refractivity contribution in [1.82, 2.24) is 9.78 Å². The summed E-state index contributed by atoms with van der Waals surface area (Å²) in [7, 11) is 0. The number of benzene rings is 1. The summed E-state index contributed by atoms with van der Waals surface area (Å²) in [5.74, 6) is 0.633. The highest BCUT2D eigenvalue weighted by Gasteiger charge is 2.17. The second kappa shape index (κ2) is 3.66. The first kappa shape index (κ1) is 8.92. The van der Waals surface area contributed by atoms with Gasteiger partial charge in [-0.3, -0.25) is 4.68 Å². The molecule has 2 heterocycles. The molecule has 1 aromatic carbocycles. The van der Waals surface area contributed by atoms with E-state index >= 15 is 0 Å². The minimum Gasteiger partial charge on any atom is -0.381 e. The zero-order chi connectivity index (χ0) is 10.1. The molecule has 2 aromatic rings. The van der Waals surface area contributed by atoms with Gasteiger partial charge in [0.15, 0.2) is 0 Å². The molecule has 0 aliphatic carbocycles. The summed E-state index contributed by atoms with van der Waals surface area (Å²) in [6.07, 6.45) is 3.10. The first-order valence-electron chi connectivity index (χ1n) is 5.42. The Labute approximate surface area is 88.7 Å². The van der Waals surface area contributed by atoms with E-state index in [2.05, 4.69) is 28.0 Å². The van der Waals surface area contributed by atoms with Gasteiger partial charge < -0.3 is 4.74 Å². The minimum atomic E-state index is 0.633. The first-order chi connectivity index (χ1) is 7.43. The lowest BCUT2D eigenvalue weighted by atomic mass is 10.1. The zero-order valence-electron chi connectivity index (χ0n) is 8.60. The molecule has 3 rings (SSSR count). The fourth-order valence-corrected chi connectivity index (χ4v) is 2.14. The monoisotopic (exact) mass is 202 g/mol. The van der Waals surface area contributed by atoms with Crippen LogP contribution in [0.25, 0.3) is 10.9 Å². The Bertz CT molecular complexity index is 457. The Morgan fingerprint density at radius 2 is 2.33 bits per heavy atom. The molecule has 1 aliphatic rings. The second-order valence-electron chi connectivity index (χ2n) is 4.12. The van der Waals surface area contributed by atoms with Crippen LogP contribution in [0, 0.1) is 5.92 Å². The predicted octanol–water partition coefficient (Wildman–Crippen LogP) is 2.07. The molecular formula is C12H14N2O. The highest BCUT2D eigenvalue weighted by Crippen LogP contribution is 2.18. The molecule has 0 radical (unpaired) electrons. The molecule has 3 nitrogen and oxygen atoms in total. The van der Waals surface area contributed by atoms with Crippen LogP contribution in [0.5, 0.6) is 0 Å². The van der Waals surface area contributed by atoms with E-state index in [4.69, 9.17) is 4.74 Å². The third kappa shape index (κ3) is 1.63. The van der Waals surface area contributed by atoms with Crippen molar-refractivity contribution in [3.8, 4) is 0 Å². The quantitative estimate of drug-likeness (QED) is 0.745. The number of aromatic nitrogens is 2. The first-order valence-corrected chi connectivity index (χ1v) is 5.42. The molecule has 3 heteroatoms. The number of ether oxygens (including phenoxy) is 1. The van der Waals surface area contributed by atoms with Crippen molar-refractivity contribution in [2.24, 2.45) is 5.92 Å². The van der Waals surface area contributed by atoms with Gasteiger partial charge in [0.25, 0.3) is 0 Å². The summed E-state index contributed by atoms with van der Waals surface area (Å²) in [5, 5.41) is 5.64. The summed E-state index contributed by atoms with van der Waals surface area (Å²) in [4.78, 5) is 0. The third-order valence-electron chi connectivity index (χ3n) is 3.01. The minimum absolute atomic E-state index is 0.633. The summed E-state index contributed by atoms with van der Waals surface area (Å²) >= 11 is 0. The smallest absolute Gasteiger partial charge is 0.0682 e. The zero-order valence-corrected chi connectivity index (χ0v) is 8.60. The maximum Gasteiger partial charge on any atom is 0.0682 e. The lowest BCUT2D eigenvalue weighted by Crippen LogP contribution is -2.11. The number of hydrogen-bond donors (Lipinski definition) is 0. The van der Waals surface area contributed by atoms with E-state index in [1.165, 1.54) is 10.9 Å². The van der Waals surface area contributed by atoms with Crippen molar-refractivity contribution in [3.05, 3.63) is 30.5 Å². The molecule has 1 saturated heterocycles. The molecule has 1 aliphatic heterocycles. The van der Waals surface area contributed by atoms with Crippen molar-refractivity contribution < 1.29 is 4.74 Å². The van der Waals surface area contributed by atoms with Gasteiger partial charge in [-0.1, -0.05) is 18.2 Å². The van der Waals surface area contributed by atoms with Gasteiger partial charge in [0.05, 0.1) is 18.3 Å². The summed E-state index contributed by atoms with van der Waals surface area (Å²) in [6, 6.07) is 8.33. The highest BCUT2D eigenvalue weighted by molar-refractivity contribution is 5.78. The second-order valence-corrected chi connectivity index (χ2v) is 4.12. The number of fused-ring (bicyclic) bond motifs is 1. The lowest BCUT2D eigenvalue weighted by molar-refractivity contribution is 0.182. The fourth-order valence-electron chi connectivity index (χ4n) is 2.14. The normalized spacial score (nSPS) is 21.2. The van der Waals surface area contributed by atoms with E-state index in [1.807, 2.05) is 12.3 Å². The third-order valence-corrected chi connectivity index (χ3v) is 3.01. The summed E-state index contributed by atoms with van der Waals surface area (Å²) in [6.45, 7) is 2.77. The van der Waals surface area contributed by atoms with Crippen LogP contribution >= 0.6 is 0 Å². The van der Waals surface area contributed by atoms with Gasteiger partial charge >= 0.3 is 0 Å². The van der Waals surface area contributed by atoms with Crippen LogP contribution in [0.4, 0.5) is 0 Å². The van der Waals surface area contributed by atoms with Crippen LogP contribution in [0.15, 0.2) is 30.5 Å². The van der Waals surface area contributed by atoms with Crippen LogP contribution in [0.1, 0.15) is 6.42 Å². The Morgan fingerprint density at radius 3 is 3.20 bits per heavy atom. The number of nitrogens with zero attached hydrogens (tertiary/aromatic N) is 2. The average molecular weight is 202 g/mol. The van der Waals surface area contributed by atoms with E-state index in [-0.39, 0.29) is 0 Å². The lowest BCUT2D eigenvalue weighted by Gasteiger charge is -2.08. The van der Waals surface area contributed by atoms with Gasteiger partial charge in [-0.2, -0.15) is 5.10 Å². The molecule has 1 unspecified atom stereocenters. The maximum atomic E-state index is 5.38. The molecule has 0 saturated carbocycles. The van der Waals surface area contributed by atoms with Gasteiger partial charge in [0.2, 0.25) is 0 Å². The van der Waals surface area contributed by atoms with Crippen molar-refractivity contribution in [1.29, 1.82) is 0 Å². The molecule has 1 fully saturated rings. The van der Waals surface area contributed by atoms with E-state index in [9.17, 15) is 0 Å². The SMILES string of the molecule is c1ccc2c(c1)cnn2CC1CCOC1. The Morgan fingerprint density at radius 1 is 1.40 bits per heavy atom. The van der Waals surface area contributed by atoms with Gasteiger partial charge in [0, 0.05) is 24.5 Å².